The van der Waals surface area contributed by atoms with Crippen molar-refractivity contribution in [3.8, 4) is 6.07 Å². The molecule has 0 saturated carbocycles. The summed E-state index contributed by atoms with van der Waals surface area (Å²) in [4.78, 5) is 0. The Kier molecular flexibility index (Phi) is 4.90. The first-order valence-corrected chi connectivity index (χ1v) is 5.48. The Hall–Kier alpha value is -0.750. The van der Waals surface area contributed by atoms with Gasteiger partial charge in [-0.2, -0.15) is 5.26 Å². The molecule has 4 heteroatoms. The average molecular weight is 243 g/mol. The molecule has 1 rings (SSSR count). The highest BCUT2D eigenvalue weighted by molar-refractivity contribution is 6.42. The molecule has 0 spiro atoms. The number of nitrogens with zero attached hydrogens (tertiary/aromatic N) is 1. The number of hydrogen-bond donors (Lipinski definition) is 1. The quantitative estimate of drug-likeness (QED) is 0.882. The Morgan fingerprint density at radius 3 is 2.67 bits per heavy atom. The number of rotatable bonds is 4. The van der Waals surface area contributed by atoms with Crippen molar-refractivity contribution in [1.82, 2.24) is 0 Å². The van der Waals surface area contributed by atoms with Crippen molar-refractivity contribution in [2.24, 2.45) is 5.73 Å². The Balaban J connectivity index is 2.45. The Morgan fingerprint density at radius 1 is 1.33 bits per heavy atom. The van der Waals surface area contributed by atoms with Crippen LogP contribution in [0, 0.1) is 11.3 Å². The number of hydrogen-bond acceptors (Lipinski definition) is 2. The van der Waals surface area contributed by atoms with E-state index in [1.54, 1.807) is 6.07 Å². The van der Waals surface area contributed by atoms with E-state index >= 15 is 0 Å². The molecule has 2 nitrogen and oxygen atoms in total. The topological polar surface area (TPSA) is 49.8 Å². The molecule has 0 aromatic heterocycles. The van der Waals surface area contributed by atoms with E-state index in [-0.39, 0.29) is 6.04 Å². The van der Waals surface area contributed by atoms with Crippen LogP contribution in [-0.2, 0) is 6.42 Å². The van der Waals surface area contributed by atoms with Crippen LogP contribution in [0.4, 0.5) is 0 Å². The van der Waals surface area contributed by atoms with Gasteiger partial charge in [0.05, 0.1) is 22.2 Å². The lowest BCUT2D eigenvalue weighted by Crippen LogP contribution is -2.16. The first-order chi connectivity index (χ1) is 7.13. The molecular weight excluding hydrogens is 231 g/mol. The average Bonchev–Trinajstić information content (AvgIpc) is 2.23. The van der Waals surface area contributed by atoms with Crippen molar-refractivity contribution in [2.75, 3.05) is 0 Å². The minimum absolute atomic E-state index is 0.368. The fourth-order valence-electron chi connectivity index (χ4n) is 1.29. The van der Waals surface area contributed by atoms with Crippen molar-refractivity contribution in [3.63, 3.8) is 0 Å². The summed E-state index contributed by atoms with van der Waals surface area (Å²) < 4.78 is 0. The maximum absolute atomic E-state index is 8.50. The predicted octanol–water partition coefficient (Wildman–Crippen LogP) is 3.17. The third-order valence-electron chi connectivity index (χ3n) is 2.13. The molecule has 0 saturated heterocycles. The predicted molar refractivity (Wildman–Crippen MR) is 63.0 cm³/mol. The SMILES string of the molecule is N#C[C@H](N)CCCc1ccc(Cl)c(Cl)c1. The molecule has 1 atom stereocenters. The molecule has 0 aliphatic rings. The minimum atomic E-state index is -0.368. The maximum atomic E-state index is 8.50. The lowest BCUT2D eigenvalue weighted by Gasteiger charge is -2.04. The lowest BCUT2D eigenvalue weighted by atomic mass is 10.1. The van der Waals surface area contributed by atoms with E-state index in [2.05, 4.69) is 0 Å². The Labute approximate surface area is 99.6 Å². The number of aryl methyl sites for hydroxylation is 1. The molecule has 1 aromatic rings. The summed E-state index contributed by atoms with van der Waals surface area (Å²) in [6.07, 6.45) is 2.45. The van der Waals surface area contributed by atoms with Crippen LogP contribution < -0.4 is 5.73 Å². The second kappa shape index (κ2) is 5.97. The molecule has 0 aliphatic carbocycles. The molecule has 80 valence electrons. The number of benzene rings is 1. The molecule has 15 heavy (non-hydrogen) atoms. The lowest BCUT2D eigenvalue weighted by molar-refractivity contribution is 0.674. The van der Waals surface area contributed by atoms with Crippen molar-refractivity contribution >= 4 is 23.2 Å². The summed E-state index contributed by atoms with van der Waals surface area (Å²) in [5, 5.41) is 9.63. The Morgan fingerprint density at radius 2 is 2.07 bits per heavy atom. The highest BCUT2D eigenvalue weighted by atomic mass is 35.5. The van der Waals surface area contributed by atoms with Gasteiger partial charge in [-0.1, -0.05) is 29.3 Å². The van der Waals surface area contributed by atoms with Crippen LogP contribution in [0.3, 0.4) is 0 Å². The molecule has 0 aliphatic heterocycles. The van der Waals surface area contributed by atoms with Gasteiger partial charge in [0.15, 0.2) is 0 Å². The van der Waals surface area contributed by atoms with Gasteiger partial charge < -0.3 is 5.73 Å². The van der Waals surface area contributed by atoms with Crippen molar-refractivity contribution < 1.29 is 0 Å². The van der Waals surface area contributed by atoms with Crippen LogP contribution >= 0.6 is 23.2 Å². The molecule has 0 bridgehead atoms. The molecular formula is C11H12Cl2N2. The highest BCUT2D eigenvalue weighted by Gasteiger charge is 2.02. The van der Waals surface area contributed by atoms with Crippen LogP contribution in [0.2, 0.25) is 10.0 Å². The van der Waals surface area contributed by atoms with E-state index in [0.29, 0.717) is 16.5 Å². The molecule has 1 aromatic carbocycles. The molecule has 2 N–H and O–H groups in total. The Bertz CT molecular complexity index is 371. The standard InChI is InChI=1S/C11H12Cl2N2/c12-10-5-4-8(6-11(10)13)2-1-3-9(15)7-14/h4-6,9H,1-3,15H2/t9-/m1/s1. The van der Waals surface area contributed by atoms with E-state index in [4.69, 9.17) is 34.2 Å². The van der Waals surface area contributed by atoms with Crippen LogP contribution in [0.1, 0.15) is 18.4 Å². The van der Waals surface area contributed by atoms with Crippen molar-refractivity contribution in [2.45, 2.75) is 25.3 Å². The zero-order valence-electron chi connectivity index (χ0n) is 8.21. The van der Waals surface area contributed by atoms with Gasteiger partial charge in [-0.05, 0) is 37.0 Å². The monoisotopic (exact) mass is 242 g/mol. The van der Waals surface area contributed by atoms with Crippen LogP contribution in [0.25, 0.3) is 0 Å². The highest BCUT2D eigenvalue weighted by Crippen LogP contribution is 2.23. The summed E-state index contributed by atoms with van der Waals surface area (Å²) in [5.41, 5.74) is 6.60. The van der Waals surface area contributed by atoms with Gasteiger partial charge in [-0.25, -0.2) is 0 Å². The fourth-order valence-corrected chi connectivity index (χ4v) is 1.61. The van der Waals surface area contributed by atoms with Crippen molar-refractivity contribution in [3.05, 3.63) is 33.8 Å². The number of nitriles is 1. The fraction of sp³-hybridized carbons (Fsp3) is 0.364. The maximum Gasteiger partial charge on any atom is 0.0928 e. The van der Waals surface area contributed by atoms with Gasteiger partial charge >= 0.3 is 0 Å². The van der Waals surface area contributed by atoms with E-state index in [0.717, 1.165) is 18.4 Å². The summed E-state index contributed by atoms with van der Waals surface area (Å²) in [6, 6.07) is 7.20. The molecule has 0 amide bonds. The summed E-state index contributed by atoms with van der Waals surface area (Å²) >= 11 is 11.7. The summed E-state index contributed by atoms with van der Waals surface area (Å²) in [5.74, 6) is 0. The van der Waals surface area contributed by atoms with E-state index in [9.17, 15) is 0 Å². The smallest absolute Gasteiger partial charge is 0.0928 e. The third kappa shape index (κ3) is 4.09. The molecule has 0 heterocycles. The summed E-state index contributed by atoms with van der Waals surface area (Å²) in [6.45, 7) is 0. The van der Waals surface area contributed by atoms with Crippen molar-refractivity contribution in [1.29, 1.82) is 5.26 Å². The van der Waals surface area contributed by atoms with Gasteiger partial charge in [0, 0.05) is 0 Å². The molecule has 0 unspecified atom stereocenters. The molecule has 0 fully saturated rings. The van der Waals surface area contributed by atoms with Gasteiger partial charge in [-0.3, -0.25) is 0 Å². The van der Waals surface area contributed by atoms with Gasteiger partial charge in [0.1, 0.15) is 0 Å². The van der Waals surface area contributed by atoms with Gasteiger partial charge in [-0.15, -0.1) is 0 Å². The summed E-state index contributed by atoms with van der Waals surface area (Å²) in [7, 11) is 0. The largest absolute Gasteiger partial charge is 0.316 e. The van der Waals surface area contributed by atoms with E-state index in [1.807, 2.05) is 18.2 Å². The van der Waals surface area contributed by atoms with Crippen LogP contribution in [-0.4, -0.2) is 6.04 Å². The van der Waals surface area contributed by atoms with Crippen LogP contribution in [0.15, 0.2) is 18.2 Å². The second-order valence-corrected chi connectivity index (χ2v) is 4.19. The van der Waals surface area contributed by atoms with E-state index in [1.165, 1.54) is 0 Å². The molecule has 0 radical (unpaired) electrons. The third-order valence-corrected chi connectivity index (χ3v) is 2.87. The minimum Gasteiger partial charge on any atom is -0.316 e. The number of nitrogens with two attached hydrogens (primary N) is 1. The van der Waals surface area contributed by atoms with Gasteiger partial charge in [0.2, 0.25) is 0 Å². The zero-order valence-corrected chi connectivity index (χ0v) is 9.72. The first-order valence-electron chi connectivity index (χ1n) is 4.72. The van der Waals surface area contributed by atoms with Gasteiger partial charge in [0.25, 0.3) is 0 Å². The van der Waals surface area contributed by atoms with E-state index < -0.39 is 0 Å². The number of halogens is 2. The first kappa shape index (κ1) is 12.3. The second-order valence-electron chi connectivity index (χ2n) is 3.38. The van der Waals surface area contributed by atoms with Crippen LogP contribution in [0.5, 0.6) is 0 Å². The normalized spacial score (nSPS) is 12.1. The zero-order chi connectivity index (χ0) is 11.3.